The number of aromatic nitrogens is 3. The fourth-order valence-electron chi connectivity index (χ4n) is 3.89. The van der Waals surface area contributed by atoms with Crippen molar-refractivity contribution in [2.45, 2.75) is 26.7 Å². The number of hydrogen-bond donors (Lipinski definition) is 0. The van der Waals surface area contributed by atoms with Gasteiger partial charge in [0, 0.05) is 23.2 Å². The maximum atomic E-state index is 12.6. The Kier molecular flexibility index (Phi) is 6.26. The molecular weight excluding hydrogens is 422 g/mol. The minimum Gasteiger partial charge on any atom is -0.497 e. The van der Waals surface area contributed by atoms with Crippen molar-refractivity contribution in [2.75, 3.05) is 20.8 Å². The number of nitrogens with zero attached hydrogens (tertiary/aromatic N) is 3. The highest BCUT2D eigenvalue weighted by Gasteiger charge is 2.18. The fraction of sp³-hybridized carbons (Fsp3) is 0.280. The summed E-state index contributed by atoms with van der Waals surface area (Å²) in [5.74, 6) is 0.0900. The molecule has 2 heterocycles. The molecule has 0 aliphatic rings. The quantitative estimate of drug-likeness (QED) is 0.299. The molecule has 0 atom stereocenters. The molecule has 2 aromatic heterocycles. The molecule has 0 aliphatic carbocycles. The number of rotatable bonds is 8. The Balaban J connectivity index is 1.44. The smallest absolute Gasteiger partial charge is 0.306 e. The van der Waals surface area contributed by atoms with Crippen molar-refractivity contribution in [3.05, 3.63) is 65.0 Å². The number of carbonyl (C=O) groups is 2. The van der Waals surface area contributed by atoms with Gasteiger partial charge in [-0.3, -0.25) is 9.59 Å². The lowest BCUT2D eigenvalue weighted by atomic mass is 10.1. The number of ketones is 1. The first-order chi connectivity index (χ1) is 15.9. The van der Waals surface area contributed by atoms with Crippen molar-refractivity contribution in [3.63, 3.8) is 0 Å². The molecule has 33 heavy (non-hydrogen) atoms. The molecule has 8 heteroatoms. The van der Waals surface area contributed by atoms with Crippen LogP contribution < -0.4 is 9.47 Å². The molecule has 0 fully saturated rings. The number of fused-ring (bicyclic) bond motifs is 3. The summed E-state index contributed by atoms with van der Waals surface area (Å²) in [7, 11) is 2.99. The molecule has 0 bridgehead atoms. The summed E-state index contributed by atoms with van der Waals surface area (Å²) in [6.45, 7) is 3.52. The number of benzene rings is 2. The topological polar surface area (TPSA) is 92.0 Å². The van der Waals surface area contributed by atoms with Gasteiger partial charge >= 0.3 is 5.97 Å². The SMILES string of the molecule is COc1ccc(OC)c(C(=O)COC(=O)CCc2c(C)nc3c4ccccc4nn3c2C)c1. The first-order valence-electron chi connectivity index (χ1n) is 10.6. The standard InChI is InChI=1S/C25H25N3O5/c1-15-18(16(2)28-25(26-15)19-7-5-6-8-21(19)27-28)10-12-24(30)33-14-22(29)20-13-17(31-3)9-11-23(20)32-4/h5-9,11,13H,10,12,14H2,1-4H3. The Morgan fingerprint density at radius 3 is 2.58 bits per heavy atom. The summed E-state index contributed by atoms with van der Waals surface area (Å²) < 4.78 is 17.4. The predicted molar refractivity (Wildman–Crippen MR) is 123 cm³/mol. The Labute approximate surface area is 191 Å². The number of hydrogen-bond acceptors (Lipinski definition) is 7. The molecule has 0 radical (unpaired) electrons. The largest absolute Gasteiger partial charge is 0.497 e. The first kappa shape index (κ1) is 22.3. The number of carbonyl (C=O) groups excluding carboxylic acids is 2. The van der Waals surface area contributed by atoms with E-state index in [-0.39, 0.29) is 18.8 Å². The maximum absolute atomic E-state index is 12.6. The molecule has 0 spiro atoms. The van der Waals surface area contributed by atoms with Gasteiger partial charge in [0.1, 0.15) is 11.5 Å². The van der Waals surface area contributed by atoms with E-state index in [9.17, 15) is 9.59 Å². The Morgan fingerprint density at radius 1 is 1.03 bits per heavy atom. The molecule has 0 aliphatic heterocycles. The second-order valence-corrected chi connectivity index (χ2v) is 7.66. The summed E-state index contributed by atoms with van der Waals surface area (Å²) in [5, 5.41) is 5.63. The third kappa shape index (κ3) is 4.37. The Hall–Kier alpha value is -3.94. The Bertz CT molecular complexity index is 1360. The van der Waals surface area contributed by atoms with Crippen LogP contribution in [0.25, 0.3) is 16.6 Å². The molecule has 0 N–H and O–H groups in total. The van der Waals surface area contributed by atoms with Gasteiger partial charge in [0.25, 0.3) is 0 Å². The highest BCUT2D eigenvalue weighted by atomic mass is 16.5. The summed E-state index contributed by atoms with van der Waals surface area (Å²) in [4.78, 5) is 29.7. The van der Waals surface area contributed by atoms with Crippen molar-refractivity contribution in [2.24, 2.45) is 0 Å². The van der Waals surface area contributed by atoms with Crippen LogP contribution in [0.2, 0.25) is 0 Å². The van der Waals surface area contributed by atoms with Gasteiger partial charge in [-0.05, 0) is 56.2 Å². The van der Waals surface area contributed by atoms with Crippen molar-refractivity contribution in [3.8, 4) is 11.5 Å². The maximum Gasteiger partial charge on any atom is 0.306 e. The molecule has 0 saturated heterocycles. The number of ether oxygens (including phenoxy) is 3. The first-order valence-corrected chi connectivity index (χ1v) is 10.6. The molecule has 4 rings (SSSR count). The van der Waals surface area contributed by atoms with Crippen molar-refractivity contribution >= 4 is 28.3 Å². The van der Waals surface area contributed by atoms with E-state index in [1.165, 1.54) is 14.2 Å². The number of esters is 1. The van der Waals surface area contributed by atoms with Crippen LogP contribution in [0.1, 0.15) is 33.7 Å². The average molecular weight is 447 g/mol. The van der Waals surface area contributed by atoms with Gasteiger partial charge in [0.15, 0.2) is 12.3 Å². The lowest BCUT2D eigenvalue weighted by molar-refractivity contribution is -0.142. The minimum atomic E-state index is -0.463. The second-order valence-electron chi connectivity index (χ2n) is 7.66. The molecule has 4 aromatic rings. The van der Waals surface area contributed by atoms with E-state index >= 15 is 0 Å². The monoisotopic (exact) mass is 447 g/mol. The van der Waals surface area contributed by atoms with E-state index in [4.69, 9.17) is 19.2 Å². The molecule has 0 amide bonds. The normalized spacial score (nSPS) is 11.0. The van der Waals surface area contributed by atoms with Crippen LogP contribution in [0.4, 0.5) is 0 Å². The van der Waals surface area contributed by atoms with Gasteiger partial charge in [-0.1, -0.05) is 12.1 Å². The van der Waals surface area contributed by atoms with E-state index < -0.39 is 5.97 Å². The summed E-state index contributed by atoms with van der Waals surface area (Å²) in [6, 6.07) is 12.7. The molecule has 8 nitrogen and oxygen atoms in total. The van der Waals surface area contributed by atoms with Crippen LogP contribution in [-0.4, -0.2) is 47.2 Å². The van der Waals surface area contributed by atoms with E-state index in [0.717, 1.165) is 33.5 Å². The van der Waals surface area contributed by atoms with E-state index in [0.29, 0.717) is 23.5 Å². The van der Waals surface area contributed by atoms with Crippen LogP contribution in [0.5, 0.6) is 11.5 Å². The van der Waals surface area contributed by atoms with Crippen LogP contribution in [-0.2, 0) is 16.0 Å². The van der Waals surface area contributed by atoms with E-state index in [1.807, 2.05) is 42.6 Å². The Morgan fingerprint density at radius 2 is 1.82 bits per heavy atom. The van der Waals surface area contributed by atoms with Gasteiger partial charge in [-0.2, -0.15) is 5.10 Å². The summed E-state index contributed by atoms with van der Waals surface area (Å²) in [5.41, 5.74) is 4.68. The number of aryl methyl sites for hydroxylation is 2. The number of Topliss-reactive ketones (excluding diaryl/α,β-unsaturated/α-hetero) is 1. The minimum absolute atomic E-state index is 0.123. The second kappa shape index (κ2) is 9.28. The highest BCUT2D eigenvalue weighted by Crippen LogP contribution is 2.25. The van der Waals surface area contributed by atoms with Gasteiger partial charge in [0.2, 0.25) is 5.78 Å². The van der Waals surface area contributed by atoms with E-state index in [1.54, 1.807) is 18.2 Å². The zero-order chi connectivity index (χ0) is 23.5. The predicted octanol–water partition coefficient (Wildman–Crippen LogP) is 3.88. The van der Waals surface area contributed by atoms with Crippen LogP contribution in [0.15, 0.2) is 42.5 Å². The fourth-order valence-corrected chi connectivity index (χ4v) is 3.89. The lowest BCUT2D eigenvalue weighted by Crippen LogP contribution is -2.16. The van der Waals surface area contributed by atoms with Crippen molar-refractivity contribution in [1.82, 2.24) is 14.6 Å². The summed E-state index contributed by atoms with van der Waals surface area (Å²) in [6.07, 6.45) is 0.560. The van der Waals surface area contributed by atoms with E-state index in [2.05, 4.69) is 5.10 Å². The molecule has 0 saturated carbocycles. The molecule has 2 aromatic carbocycles. The third-order valence-electron chi connectivity index (χ3n) is 5.67. The zero-order valence-electron chi connectivity index (χ0n) is 19.0. The summed E-state index contributed by atoms with van der Waals surface area (Å²) >= 11 is 0. The zero-order valence-corrected chi connectivity index (χ0v) is 19.0. The van der Waals surface area contributed by atoms with Crippen LogP contribution in [0.3, 0.4) is 0 Å². The lowest BCUT2D eigenvalue weighted by Gasteiger charge is -2.12. The van der Waals surface area contributed by atoms with Gasteiger partial charge < -0.3 is 14.2 Å². The average Bonchev–Trinajstić information content (AvgIpc) is 3.20. The van der Waals surface area contributed by atoms with Gasteiger partial charge in [-0.25, -0.2) is 9.50 Å². The van der Waals surface area contributed by atoms with Crippen molar-refractivity contribution in [1.29, 1.82) is 0 Å². The van der Waals surface area contributed by atoms with Crippen LogP contribution >= 0.6 is 0 Å². The molecular formula is C25H25N3O5. The highest BCUT2D eigenvalue weighted by molar-refractivity contribution is 6.00. The third-order valence-corrected chi connectivity index (χ3v) is 5.67. The van der Waals surface area contributed by atoms with Crippen molar-refractivity contribution < 1.29 is 23.8 Å². The van der Waals surface area contributed by atoms with Crippen LogP contribution in [0, 0.1) is 13.8 Å². The van der Waals surface area contributed by atoms with Gasteiger partial charge in [-0.15, -0.1) is 0 Å². The van der Waals surface area contributed by atoms with Gasteiger partial charge in [0.05, 0.1) is 25.3 Å². The molecule has 170 valence electrons. The number of methoxy groups -OCH3 is 2. The molecule has 0 unspecified atom stereocenters.